The van der Waals surface area contributed by atoms with Crippen LogP contribution in [0.25, 0.3) is 0 Å². The number of rotatable bonds is 5. The van der Waals surface area contributed by atoms with E-state index >= 15 is 0 Å². The summed E-state index contributed by atoms with van der Waals surface area (Å²) in [5.74, 6) is -1.16. The second-order valence-corrected chi connectivity index (χ2v) is 5.31. The molecule has 21 heavy (non-hydrogen) atoms. The minimum Gasteiger partial charge on any atom is -0.476 e. The number of nitrogens with zero attached hydrogens (tertiary/aromatic N) is 1. The van der Waals surface area contributed by atoms with E-state index in [-0.39, 0.29) is 10.8 Å². The lowest BCUT2D eigenvalue weighted by Crippen LogP contribution is -2.61. The van der Waals surface area contributed by atoms with E-state index in [2.05, 4.69) is 10.3 Å². The number of aromatic nitrogens is 1. The van der Waals surface area contributed by atoms with Crippen molar-refractivity contribution in [3.8, 4) is 0 Å². The van der Waals surface area contributed by atoms with Crippen LogP contribution in [0.5, 0.6) is 0 Å². The van der Waals surface area contributed by atoms with E-state index in [9.17, 15) is 15.0 Å². The number of methoxy groups -OCH3 is 1. The molecular weight excluding hydrogens is 304 g/mol. The number of hydrogen-bond donors (Lipinski definition) is 5. The first-order valence-corrected chi connectivity index (χ1v) is 6.96. The summed E-state index contributed by atoms with van der Waals surface area (Å²) in [7, 11) is 1.35. The van der Waals surface area contributed by atoms with E-state index in [1.807, 2.05) is 0 Å². The van der Waals surface area contributed by atoms with Crippen LogP contribution in [-0.4, -0.2) is 75.7 Å². The minimum atomic E-state index is -1.31. The second-order valence-electron chi connectivity index (χ2n) is 4.46. The van der Waals surface area contributed by atoms with Crippen LogP contribution >= 0.6 is 11.3 Å². The van der Waals surface area contributed by atoms with Gasteiger partial charge in [0.1, 0.15) is 24.4 Å². The number of hydrogen-bond acceptors (Lipinski definition) is 9. The third-order valence-electron chi connectivity index (χ3n) is 3.13. The first-order chi connectivity index (χ1) is 9.97. The van der Waals surface area contributed by atoms with Crippen molar-refractivity contribution in [2.75, 3.05) is 19.0 Å². The average Bonchev–Trinajstić information content (AvgIpc) is 2.93. The van der Waals surface area contributed by atoms with Crippen molar-refractivity contribution in [3.05, 3.63) is 11.1 Å². The number of aliphatic hydroxyl groups is 3. The molecule has 9 nitrogen and oxygen atoms in total. The van der Waals surface area contributed by atoms with Gasteiger partial charge in [-0.15, -0.1) is 11.3 Å². The quantitative estimate of drug-likeness (QED) is 0.448. The van der Waals surface area contributed by atoms with E-state index in [0.717, 1.165) is 11.3 Å². The van der Waals surface area contributed by atoms with Gasteiger partial charge in [0.25, 0.3) is 0 Å². The Balaban J connectivity index is 2.13. The molecule has 0 bridgehead atoms. The summed E-state index contributed by atoms with van der Waals surface area (Å²) >= 11 is 1.04. The number of aliphatic hydroxyl groups excluding tert-OH is 3. The standard InChI is InChI=1S/C11H16N2O7S/c1-19-10-6(8(16)7(15)5(2-14)20-10)13-11-12-4(3-21-11)9(17)18/h3,5-8,10,14-16H,2H2,1H3,(H,12,13)(H,17,18)/t5-,6-,7+,8-,10-/m1/s1. The van der Waals surface area contributed by atoms with Crippen LogP contribution in [0, 0.1) is 0 Å². The largest absolute Gasteiger partial charge is 0.476 e. The van der Waals surface area contributed by atoms with Crippen LogP contribution in [0.4, 0.5) is 5.13 Å². The topological polar surface area (TPSA) is 141 Å². The van der Waals surface area contributed by atoms with Crippen molar-refractivity contribution in [3.63, 3.8) is 0 Å². The maximum absolute atomic E-state index is 10.8. The third kappa shape index (κ3) is 3.31. The van der Waals surface area contributed by atoms with Gasteiger partial charge in [0.05, 0.1) is 6.61 Å². The second kappa shape index (κ2) is 6.64. The number of thiazole rings is 1. The zero-order chi connectivity index (χ0) is 15.6. The number of carboxylic acids is 1. The van der Waals surface area contributed by atoms with Gasteiger partial charge in [-0.25, -0.2) is 9.78 Å². The molecule has 0 radical (unpaired) electrons. The van der Waals surface area contributed by atoms with Gasteiger partial charge in [0.2, 0.25) is 0 Å². The van der Waals surface area contributed by atoms with Crippen LogP contribution in [-0.2, 0) is 9.47 Å². The summed E-state index contributed by atoms with van der Waals surface area (Å²) in [6.07, 6.45) is -4.48. The van der Waals surface area contributed by atoms with Crippen molar-refractivity contribution >= 4 is 22.4 Å². The highest BCUT2D eigenvalue weighted by Gasteiger charge is 2.44. The molecule has 2 rings (SSSR count). The molecule has 0 amide bonds. The van der Waals surface area contributed by atoms with Crippen LogP contribution in [0.3, 0.4) is 0 Å². The Bertz CT molecular complexity index is 495. The lowest BCUT2D eigenvalue weighted by molar-refractivity contribution is -0.254. The van der Waals surface area contributed by atoms with Crippen molar-refractivity contribution in [2.45, 2.75) is 30.6 Å². The molecule has 1 fully saturated rings. The Morgan fingerprint density at radius 3 is 2.76 bits per heavy atom. The molecule has 0 aromatic carbocycles. The van der Waals surface area contributed by atoms with Crippen molar-refractivity contribution in [1.82, 2.24) is 4.98 Å². The number of aromatic carboxylic acids is 1. The number of carbonyl (C=O) groups is 1. The smallest absolute Gasteiger partial charge is 0.355 e. The molecule has 5 atom stereocenters. The lowest BCUT2D eigenvalue weighted by atomic mass is 9.97. The van der Waals surface area contributed by atoms with Gasteiger partial charge in [-0.1, -0.05) is 0 Å². The molecule has 2 heterocycles. The lowest BCUT2D eigenvalue weighted by Gasteiger charge is -2.41. The zero-order valence-electron chi connectivity index (χ0n) is 11.0. The molecule has 0 saturated carbocycles. The monoisotopic (exact) mass is 320 g/mol. The number of anilines is 1. The fourth-order valence-electron chi connectivity index (χ4n) is 2.02. The first-order valence-electron chi connectivity index (χ1n) is 6.08. The molecule has 5 N–H and O–H groups in total. The fourth-order valence-corrected chi connectivity index (χ4v) is 2.75. The average molecular weight is 320 g/mol. The van der Waals surface area contributed by atoms with Crippen molar-refractivity contribution < 1.29 is 34.7 Å². The highest BCUT2D eigenvalue weighted by Crippen LogP contribution is 2.26. The summed E-state index contributed by atoms with van der Waals surface area (Å²) in [6.45, 7) is -0.467. The SMILES string of the molecule is CO[C@@H]1O[C@H](CO)[C@H](O)[C@H](O)[C@H]1Nc1nc(C(=O)O)cs1. The highest BCUT2D eigenvalue weighted by atomic mass is 32.1. The van der Waals surface area contributed by atoms with Crippen LogP contribution < -0.4 is 5.32 Å². The predicted octanol–water partition coefficient (Wildman–Crippen LogP) is -1.29. The van der Waals surface area contributed by atoms with E-state index in [0.29, 0.717) is 0 Å². The van der Waals surface area contributed by atoms with E-state index in [1.165, 1.54) is 12.5 Å². The Morgan fingerprint density at radius 2 is 2.24 bits per heavy atom. The first kappa shape index (κ1) is 16.1. The number of carboxylic acid groups (broad SMARTS) is 1. The predicted molar refractivity (Wildman–Crippen MR) is 71.3 cm³/mol. The third-order valence-corrected chi connectivity index (χ3v) is 3.90. The summed E-state index contributed by atoms with van der Waals surface area (Å²) in [6, 6.07) is -0.861. The molecule has 10 heteroatoms. The van der Waals surface area contributed by atoms with Gasteiger partial charge in [-0.2, -0.15) is 0 Å². The van der Waals surface area contributed by atoms with Gasteiger partial charge < -0.3 is 35.2 Å². The minimum absolute atomic E-state index is 0.128. The molecule has 1 aromatic heterocycles. The summed E-state index contributed by atoms with van der Waals surface area (Å²) in [5.41, 5.74) is -0.128. The zero-order valence-corrected chi connectivity index (χ0v) is 11.9. The van der Waals surface area contributed by atoms with Crippen molar-refractivity contribution in [1.29, 1.82) is 0 Å². The number of nitrogens with one attached hydrogen (secondary N) is 1. The van der Waals surface area contributed by atoms with Crippen molar-refractivity contribution in [2.24, 2.45) is 0 Å². The number of ether oxygens (including phenoxy) is 2. The molecule has 0 aliphatic carbocycles. The van der Waals surface area contributed by atoms with Crippen LogP contribution in [0.15, 0.2) is 5.38 Å². The molecule has 0 spiro atoms. The molecule has 118 valence electrons. The molecule has 1 aromatic rings. The maximum atomic E-state index is 10.8. The fraction of sp³-hybridized carbons (Fsp3) is 0.636. The van der Waals surface area contributed by atoms with E-state index < -0.39 is 43.2 Å². The Kier molecular flexibility index (Phi) is 5.08. The van der Waals surface area contributed by atoms with E-state index in [1.54, 1.807) is 0 Å². The van der Waals surface area contributed by atoms with Gasteiger partial charge in [-0.3, -0.25) is 0 Å². The Labute approximate surface area is 123 Å². The molecule has 1 saturated heterocycles. The van der Waals surface area contributed by atoms with Crippen LogP contribution in [0.2, 0.25) is 0 Å². The van der Waals surface area contributed by atoms with E-state index in [4.69, 9.17) is 19.7 Å². The summed E-state index contributed by atoms with van der Waals surface area (Å²) in [5, 5.41) is 42.2. The Morgan fingerprint density at radius 1 is 1.52 bits per heavy atom. The van der Waals surface area contributed by atoms with Crippen LogP contribution in [0.1, 0.15) is 10.5 Å². The molecule has 1 aliphatic rings. The molecule has 1 aliphatic heterocycles. The molecular formula is C11H16N2O7S. The van der Waals surface area contributed by atoms with Gasteiger partial charge in [-0.05, 0) is 0 Å². The summed E-state index contributed by atoms with van der Waals surface area (Å²) in [4.78, 5) is 14.6. The van der Waals surface area contributed by atoms with Gasteiger partial charge in [0.15, 0.2) is 17.1 Å². The summed E-state index contributed by atoms with van der Waals surface area (Å²) < 4.78 is 10.4. The Hall–Kier alpha value is -1.30. The normalized spacial score (nSPS) is 32.9. The maximum Gasteiger partial charge on any atom is 0.355 e. The molecule has 0 unspecified atom stereocenters. The van der Waals surface area contributed by atoms with Gasteiger partial charge in [0, 0.05) is 12.5 Å². The van der Waals surface area contributed by atoms with Gasteiger partial charge >= 0.3 is 5.97 Å². The highest BCUT2D eigenvalue weighted by molar-refractivity contribution is 7.13.